The second kappa shape index (κ2) is 6.60. The van der Waals surface area contributed by atoms with Gasteiger partial charge in [0.1, 0.15) is 11.2 Å². The number of ether oxygens (including phenoxy) is 2. The second-order valence-corrected chi connectivity index (χ2v) is 11.4. The van der Waals surface area contributed by atoms with Gasteiger partial charge in [0, 0.05) is 0 Å². The van der Waals surface area contributed by atoms with Crippen LogP contribution < -0.4 is 0 Å². The Morgan fingerprint density at radius 2 is 1.28 bits per heavy atom. The number of carbonyl (C=O) groups is 2. The standard InChI is InChI=1S/C19H28F2O7S/c1-16(2,17(3,4)28-15(23)19(20,21)29(24,25)26)27-14(22)18-8-11-5-12(9-18)7-13(6-11)10-18/h11-13H,5-10H2,1-4H3,(H,24,25,26)/p-1. The van der Waals surface area contributed by atoms with Crippen LogP contribution in [0.4, 0.5) is 8.78 Å². The molecule has 4 fully saturated rings. The number of alkyl halides is 2. The largest absolute Gasteiger partial charge is 0.743 e. The Labute approximate surface area is 169 Å². The molecule has 29 heavy (non-hydrogen) atoms. The van der Waals surface area contributed by atoms with E-state index in [-0.39, 0.29) is 0 Å². The van der Waals surface area contributed by atoms with E-state index in [0.717, 1.165) is 38.5 Å². The van der Waals surface area contributed by atoms with Gasteiger partial charge in [0.15, 0.2) is 10.1 Å². The minimum atomic E-state index is -6.24. The molecule has 0 atom stereocenters. The van der Waals surface area contributed by atoms with Crippen LogP contribution >= 0.6 is 0 Å². The molecule has 4 bridgehead atoms. The van der Waals surface area contributed by atoms with Gasteiger partial charge in [-0.2, -0.15) is 8.78 Å². The average Bonchev–Trinajstić information content (AvgIpc) is 2.51. The molecule has 0 unspecified atom stereocenters. The number of halogens is 2. The Hall–Kier alpha value is -1.29. The molecule has 0 saturated heterocycles. The van der Waals surface area contributed by atoms with Gasteiger partial charge in [0.05, 0.1) is 5.41 Å². The van der Waals surface area contributed by atoms with Crippen molar-refractivity contribution in [2.24, 2.45) is 23.2 Å². The molecule has 4 aliphatic rings. The highest BCUT2D eigenvalue weighted by Crippen LogP contribution is 2.60. The Kier molecular flexibility index (Phi) is 5.10. The lowest BCUT2D eigenvalue weighted by atomic mass is 9.49. The van der Waals surface area contributed by atoms with Crippen molar-refractivity contribution in [1.82, 2.24) is 0 Å². The molecule has 0 radical (unpaired) electrons. The van der Waals surface area contributed by atoms with Gasteiger partial charge in [-0.15, -0.1) is 0 Å². The maximum absolute atomic E-state index is 13.5. The summed E-state index contributed by atoms with van der Waals surface area (Å²) in [5.74, 6) is -1.46. The molecule has 0 aromatic carbocycles. The maximum Gasteiger partial charge on any atom is 0.428 e. The van der Waals surface area contributed by atoms with Gasteiger partial charge in [-0.05, 0) is 84.0 Å². The monoisotopic (exact) mass is 437 g/mol. The fourth-order valence-electron chi connectivity index (χ4n) is 5.34. The normalized spacial score (nSPS) is 32.2. The van der Waals surface area contributed by atoms with E-state index in [0.29, 0.717) is 17.8 Å². The Bertz CT molecular complexity index is 781. The maximum atomic E-state index is 13.5. The van der Waals surface area contributed by atoms with E-state index >= 15 is 0 Å². The third kappa shape index (κ3) is 3.78. The smallest absolute Gasteiger partial charge is 0.428 e. The van der Waals surface area contributed by atoms with Crippen molar-refractivity contribution in [1.29, 1.82) is 0 Å². The molecule has 7 nitrogen and oxygen atoms in total. The van der Waals surface area contributed by atoms with Crippen molar-refractivity contribution in [3.05, 3.63) is 0 Å². The molecule has 4 saturated carbocycles. The molecule has 0 N–H and O–H groups in total. The summed E-state index contributed by atoms with van der Waals surface area (Å²) in [6.45, 7) is 5.27. The fraction of sp³-hybridized carbons (Fsp3) is 0.895. The zero-order valence-corrected chi connectivity index (χ0v) is 17.8. The van der Waals surface area contributed by atoms with Gasteiger partial charge < -0.3 is 14.0 Å². The van der Waals surface area contributed by atoms with E-state index in [4.69, 9.17) is 4.74 Å². The summed E-state index contributed by atoms with van der Waals surface area (Å²) < 4.78 is 69.4. The van der Waals surface area contributed by atoms with E-state index in [1.54, 1.807) is 0 Å². The SMILES string of the molecule is CC(C)(OC(=O)C12CC3CC(CC(C3)C1)C2)C(C)(C)OC(=O)C(F)(F)S(=O)(=O)[O-]. The number of esters is 2. The first-order valence-corrected chi connectivity index (χ1v) is 11.2. The number of hydrogen-bond donors (Lipinski definition) is 0. The zero-order chi connectivity index (χ0) is 22.0. The number of hydrogen-bond acceptors (Lipinski definition) is 7. The lowest BCUT2D eigenvalue weighted by Gasteiger charge is -2.56. The second-order valence-electron chi connectivity index (χ2n) is 9.97. The number of rotatable bonds is 6. The summed E-state index contributed by atoms with van der Waals surface area (Å²) in [7, 11) is -6.24. The summed E-state index contributed by atoms with van der Waals surface area (Å²) >= 11 is 0. The molecular formula is C19H27F2O7S-. The molecule has 0 amide bonds. The van der Waals surface area contributed by atoms with Crippen LogP contribution in [-0.4, -0.2) is 41.4 Å². The third-order valence-electron chi connectivity index (χ3n) is 7.17. The summed E-state index contributed by atoms with van der Waals surface area (Å²) in [6, 6.07) is 0. The molecule has 0 aliphatic heterocycles. The van der Waals surface area contributed by atoms with Crippen molar-refractivity contribution < 1.29 is 40.8 Å². The predicted molar refractivity (Wildman–Crippen MR) is 95.6 cm³/mol. The van der Waals surface area contributed by atoms with E-state index in [2.05, 4.69) is 4.74 Å². The first-order chi connectivity index (χ1) is 13.0. The van der Waals surface area contributed by atoms with Crippen molar-refractivity contribution in [2.45, 2.75) is 82.7 Å². The number of carbonyl (C=O) groups excluding carboxylic acids is 2. The molecule has 4 aliphatic carbocycles. The average molecular weight is 437 g/mol. The van der Waals surface area contributed by atoms with Gasteiger partial charge in [0.25, 0.3) is 0 Å². The molecule has 166 valence electrons. The van der Waals surface area contributed by atoms with Gasteiger partial charge in [-0.25, -0.2) is 13.2 Å². The van der Waals surface area contributed by atoms with Crippen LogP contribution in [0.15, 0.2) is 0 Å². The highest BCUT2D eigenvalue weighted by atomic mass is 32.2. The van der Waals surface area contributed by atoms with Crippen LogP contribution in [0, 0.1) is 23.2 Å². The summed E-state index contributed by atoms with van der Waals surface area (Å²) in [6.07, 6.45) is 5.58. The quantitative estimate of drug-likeness (QED) is 0.464. The highest BCUT2D eigenvalue weighted by molar-refractivity contribution is 7.87. The Balaban J connectivity index is 1.74. The van der Waals surface area contributed by atoms with E-state index in [1.807, 2.05) is 0 Å². The van der Waals surface area contributed by atoms with Gasteiger partial charge >= 0.3 is 17.2 Å². The minimum Gasteiger partial charge on any atom is -0.743 e. The molecule has 0 heterocycles. The van der Waals surface area contributed by atoms with E-state index < -0.39 is 43.9 Å². The molecule has 10 heteroatoms. The Morgan fingerprint density at radius 1 is 0.897 bits per heavy atom. The molecule has 0 spiro atoms. The Morgan fingerprint density at radius 3 is 1.66 bits per heavy atom. The van der Waals surface area contributed by atoms with Crippen molar-refractivity contribution >= 4 is 22.1 Å². The van der Waals surface area contributed by atoms with Crippen LogP contribution in [-0.2, 0) is 29.2 Å². The van der Waals surface area contributed by atoms with Crippen LogP contribution in [0.5, 0.6) is 0 Å². The fourth-order valence-corrected chi connectivity index (χ4v) is 5.59. The van der Waals surface area contributed by atoms with Crippen molar-refractivity contribution in [2.75, 3.05) is 0 Å². The molecule has 0 aromatic rings. The van der Waals surface area contributed by atoms with Gasteiger partial charge in [-0.1, -0.05) is 0 Å². The van der Waals surface area contributed by atoms with E-state index in [1.165, 1.54) is 27.7 Å². The molecule has 4 rings (SSSR count). The first kappa shape index (κ1) is 22.4. The van der Waals surface area contributed by atoms with E-state index in [9.17, 15) is 31.3 Å². The highest BCUT2D eigenvalue weighted by Gasteiger charge is 2.58. The lowest BCUT2D eigenvalue weighted by Crippen LogP contribution is -2.57. The molecule has 0 aromatic heterocycles. The van der Waals surface area contributed by atoms with Crippen molar-refractivity contribution in [3.8, 4) is 0 Å². The topological polar surface area (TPSA) is 110 Å². The van der Waals surface area contributed by atoms with Gasteiger partial charge in [0.2, 0.25) is 0 Å². The van der Waals surface area contributed by atoms with Crippen LogP contribution in [0.1, 0.15) is 66.2 Å². The lowest BCUT2D eigenvalue weighted by molar-refractivity contribution is -0.219. The van der Waals surface area contributed by atoms with Gasteiger partial charge in [-0.3, -0.25) is 4.79 Å². The third-order valence-corrected chi connectivity index (χ3v) is 7.96. The molecular weight excluding hydrogens is 410 g/mol. The van der Waals surface area contributed by atoms with Crippen LogP contribution in [0.2, 0.25) is 0 Å². The first-order valence-electron chi connectivity index (χ1n) is 9.79. The van der Waals surface area contributed by atoms with Crippen LogP contribution in [0.3, 0.4) is 0 Å². The van der Waals surface area contributed by atoms with Crippen LogP contribution in [0.25, 0.3) is 0 Å². The zero-order valence-electron chi connectivity index (χ0n) is 17.0. The predicted octanol–water partition coefficient (Wildman–Crippen LogP) is 2.98. The van der Waals surface area contributed by atoms with Crippen molar-refractivity contribution in [3.63, 3.8) is 0 Å². The summed E-state index contributed by atoms with van der Waals surface area (Å²) in [5.41, 5.74) is -3.95. The summed E-state index contributed by atoms with van der Waals surface area (Å²) in [4.78, 5) is 24.8. The minimum absolute atomic E-state index is 0.436. The summed E-state index contributed by atoms with van der Waals surface area (Å²) in [5, 5.41) is -5.23.